The van der Waals surface area contributed by atoms with Crippen LogP contribution in [0.2, 0.25) is 0 Å². The van der Waals surface area contributed by atoms with Crippen molar-refractivity contribution in [3.05, 3.63) is 65.2 Å². The fourth-order valence-electron chi connectivity index (χ4n) is 3.87. The van der Waals surface area contributed by atoms with Crippen molar-refractivity contribution in [2.45, 2.75) is 19.9 Å². The molecule has 6 heteroatoms. The Morgan fingerprint density at radius 3 is 2.31 bits per heavy atom. The normalized spacial score (nSPS) is 12.9. The standard InChI is InChI=1S/C23H21NO5/c1-3-29-21-16-6-4-5-7-17(16)22(28-2)20-18(21)13-24(23(20)27)15-10-8-14(9-11-15)12-19(25)26/h4-11H,3,12-13H2,1-2H3,(H,25,26). The Morgan fingerprint density at radius 1 is 1.07 bits per heavy atom. The number of carbonyl (C=O) groups excluding carboxylic acids is 1. The molecule has 0 aromatic heterocycles. The van der Waals surface area contributed by atoms with E-state index in [1.165, 1.54) is 0 Å². The lowest BCUT2D eigenvalue weighted by Crippen LogP contribution is -2.23. The van der Waals surface area contributed by atoms with Gasteiger partial charge in [0.2, 0.25) is 0 Å². The highest BCUT2D eigenvalue weighted by molar-refractivity contribution is 6.16. The van der Waals surface area contributed by atoms with Gasteiger partial charge in [-0.1, -0.05) is 36.4 Å². The predicted molar refractivity (Wildman–Crippen MR) is 110 cm³/mol. The van der Waals surface area contributed by atoms with Gasteiger partial charge >= 0.3 is 5.97 Å². The molecule has 1 aliphatic rings. The maximum absolute atomic E-state index is 13.3. The Hall–Kier alpha value is -3.54. The van der Waals surface area contributed by atoms with E-state index in [9.17, 15) is 9.59 Å². The van der Waals surface area contributed by atoms with Crippen molar-refractivity contribution < 1.29 is 24.2 Å². The Labute approximate surface area is 168 Å². The van der Waals surface area contributed by atoms with Crippen molar-refractivity contribution in [3.8, 4) is 11.5 Å². The van der Waals surface area contributed by atoms with E-state index in [1.807, 2.05) is 31.2 Å². The van der Waals surface area contributed by atoms with Gasteiger partial charge in [0.25, 0.3) is 5.91 Å². The summed E-state index contributed by atoms with van der Waals surface area (Å²) >= 11 is 0. The molecule has 0 atom stereocenters. The van der Waals surface area contributed by atoms with Crippen molar-refractivity contribution in [3.63, 3.8) is 0 Å². The molecule has 6 nitrogen and oxygen atoms in total. The van der Waals surface area contributed by atoms with Crippen LogP contribution in [-0.4, -0.2) is 30.7 Å². The maximum atomic E-state index is 13.3. The van der Waals surface area contributed by atoms with E-state index in [4.69, 9.17) is 14.6 Å². The van der Waals surface area contributed by atoms with Gasteiger partial charge in [0.15, 0.2) is 0 Å². The number of nitrogens with zero attached hydrogens (tertiary/aromatic N) is 1. The number of aliphatic carboxylic acids is 1. The van der Waals surface area contributed by atoms with Crippen LogP contribution in [-0.2, 0) is 17.8 Å². The average Bonchev–Trinajstić information content (AvgIpc) is 3.05. The molecule has 0 saturated heterocycles. The van der Waals surface area contributed by atoms with Gasteiger partial charge in [-0.25, -0.2) is 0 Å². The molecule has 29 heavy (non-hydrogen) atoms. The topological polar surface area (TPSA) is 76.1 Å². The number of carbonyl (C=O) groups is 2. The van der Waals surface area contributed by atoms with Crippen LogP contribution in [0.15, 0.2) is 48.5 Å². The fourth-order valence-corrected chi connectivity index (χ4v) is 3.87. The molecule has 0 unspecified atom stereocenters. The Morgan fingerprint density at radius 2 is 1.72 bits per heavy atom. The molecule has 0 radical (unpaired) electrons. The van der Waals surface area contributed by atoms with Crippen LogP contribution in [0.3, 0.4) is 0 Å². The lowest BCUT2D eigenvalue weighted by atomic mass is 9.99. The Kier molecular flexibility index (Phi) is 4.84. The summed E-state index contributed by atoms with van der Waals surface area (Å²) in [6.07, 6.45) is -0.0534. The molecule has 3 aromatic carbocycles. The quantitative estimate of drug-likeness (QED) is 0.686. The second-order valence-corrected chi connectivity index (χ2v) is 6.82. The molecule has 1 amide bonds. The van der Waals surface area contributed by atoms with Gasteiger partial charge in [0.05, 0.1) is 32.2 Å². The number of methoxy groups -OCH3 is 1. The van der Waals surface area contributed by atoms with Crippen LogP contribution in [0.4, 0.5) is 5.69 Å². The minimum atomic E-state index is -0.889. The summed E-state index contributed by atoms with van der Waals surface area (Å²) in [4.78, 5) is 25.9. The second-order valence-electron chi connectivity index (χ2n) is 6.82. The van der Waals surface area contributed by atoms with Gasteiger partial charge in [-0.2, -0.15) is 0 Å². The first-order valence-electron chi connectivity index (χ1n) is 9.42. The van der Waals surface area contributed by atoms with E-state index in [2.05, 4.69) is 0 Å². The summed E-state index contributed by atoms with van der Waals surface area (Å²) in [6, 6.07) is 14.7. The van der Waals surface area contributed by atoms with Crippen molar-refractivity contribution in [2.75, 3.05) is 18.6 Å². The van der Waals surface area contributed by atoms with Gasteiger partial charge < -0.3 is 19.5 Å². The minimum absolute atomic E-state index is 0.0534. The molecule has 0 bridgehead atoms. The molecule has 1 aliphatic heterocycles. The number of fused-ring (bicyclic) bond motifs is 2. The number of carboxylic acid groups (broad SMARTS) is 1. The third-order valence-electron chi connectivity index (χ3n) is 5.09. The van der Waals surface area contributed by atoms with Gasteiger partial charge in [-0.15, -0.1) is 0 Å². The number of amides is 1. The smallest absolute Gasteiger partial charge is 0.307 e. The van der Waals surface area contributed by atoms with E-state index < -0.39 is 5.97 Å². The number of carboxylic acids is 1. The van der Waals surface area contributed by atoms with E-state index in [0.29, 0.717) is 41.5 Å². The van der Waals surface area contributed by atoms with E-state index in [1.54, 1.807) is 36.3 Å². The van der Waals surface area contributed by atoms with Gasteiger partial charge in [-0.05, 0) is 24.6 Å². The number of rotatable bonds is 6. The highest BCUT2D eigenvalue weighted by Crippen LogP contribution is 2.45. The van der Waals surface area contributed by atoms with Crippen molar-refractivity contribution in [2.24, 2.45) is 0 Å². The molecule has 3 aromatic rings. The monoisotopic (exact) mass is 391 g/mol. The number of hydrogen-bond acceptors (Lipinski definition) is 4. The average molecular weight is 391 g/mol. The summed E-state index contributed by atoms with van der Waals surface area (Å²) < 4.78 is 11.6. The largest absolute Gasteiger partial charge is 0.495 e. The zero-order valence-electron chi connectivity index (χ0n) is 16.3. The first-order chi connectivity index (χ1) is 14.0. The van der Waals surface area contributed by atoms with Crippen LogP contribution in [0.25, 0.3) is 10.8 Å². The third kappa shape index (κ3) is 3.16. The Balaban J connectivity index is 1.82. The molecule has 148 valence electrons. The first kappa shape index (κ1) is 18.8. The van der Waals surface area contributed by atoms with Crippen LogP contribution in [0, 0.1) is 0 Å². The van der Waals surface area contributed by atoms with Gasteiger partial charge in [-0.3, -0.25) is 9.59 Å². The summed E-state index contributed by atoms with van der Waals surface area (Å²) in [5.74, 6) is 0.209. The van der Waals surface area contributed by atoms with Crippen molar-refractivity contribution >= 4 is 28.3 Å². The van der Waals surface area contributed by atoms with E-state index in [0.717, 1.165) is 16.3 Å². The summed E-state index contributed by atoms with van der Waals surface area (Å²) in [5, 5.41) is 10.7. The van der Waals surface area contributed by atoms with Crippen LogP contribution >= 0.6 is 0 Å². The van der Waals surface area contributed by atoms with Crippen LogP contribution in [0.5, 0.6) is 11.5 Å². The molecule has 0 aliphatic carbocycles. The molecular formula is C23H21NO5. The van der Waals surface area contributed by atoms with Crippen LogP contribution in [0.1, 0.15) is 28.4 Å². The molecule has 1 heterocycles. The predicted octanol–water partition coefficient (Wildman–Crippen LogP) is 4.03. The van der Waals surface area contributed by atoms with Gasteiger partial charge in [0.1, 0.15) is 11.5 Å². The minimum Gasteiger partial charge on any atom is -0.495 e. The second kappa shape index (κ2) is 7.47. The van der Waals surface area contributed by atoms with Crippen molar-refractivity contribution in [1.29, 1.82) is 0 Å². The first-order valence-corrected chi connectivity index (χ1v) is 9.42. The summed E-state index contributed by atoms with van der Waals surface area (Å²) in [6.45, 7) is 2.77. The molecular weight excluding hydrogens is 370 g/mol. The molecule has 4 rings (SSSR count). The van der Waals surface area contributed by atoms with Gasteiger partial charge in [0, 0.05) is 22.0 Å². The van der Waals surface area contributed by atoms with E-state index >= 15 is 0 Å². The number of benzene rings is 3. The highest BCUT2D eigenvalue weighted by atomic mass is 16.5. The number of ether oxygens (including phenoxy) is 2. The van der Waals surface area contributed by atoms with Crippen LogP contribution < -0.4 is 14.4 Å². The fraction of sp³-hybridized carbons (Fsp3) is 0.217. The highest BCUT2D eigenvalue weighted by Gasteiger charge is 2.36. The van der Waals surface area contributed by atoms with Crippen molar-refractivity contribution in [1.82, 2.24) is 0 Å². The SMILES string of the molecule is CCOc1c2c(c(OC)c3ccccc13)C(=O)N(c1ccc(CC(=O)O)cc1)C2. The molecule has 0 saturated carbocycles. The number of anilines is 1. The molecule has 0 fully saturated rings. The zero-order valence-corrected chi connectivity index (χ0v) is 16.3. The maximum Gasteiger partial charge on any atom is 0.307 e. The molecule has 0 spiro atoms. The summed E-state index contributed by atoms with van der Waals surface area (Å²) in [7, 11) is 1.57. The zero-order chi connectivity index (χ0) is 20.5. The Bertz CT molecular complexity index is 1100. The lowest BCUT2D eigenvalue weighted by molar-refractivity contribution is -0.136. The number of hydrogen-bond donors (Lipinski definition) is 1. The summed E-state index contributed by atoms with van der Waals surface area (Å²) in [5.41, 5.74) is 2.71. The third-order valence-corrected chi connectivity index (χ3v) is 5.09. The lowest BCUT2D eigenvalue weighted by Gasteiger charge is -2.16. The molecule has 1 N–H and O–H groups in total. The van der Waals surface area contributed by atoms with E-state index in [-0.39, 0.29) is 12.3 Å².